The summed E-state index contributed by atoms with van der Waals surface area (Å²) in [4.78, 5) is 10.7. The first-order chi connectivity index (χ1) is 5.74. The van der Waals surface area contributed by atoms with Gasteiger partial charge in [0, 0.05) is 0 Å². The molecule has 0 aliphatic heterocycles. The minimum Gasteiger partial charge on any atom is -0.483 e. The molecule has 1 N–H and O–H groups in total. The van der Waals surface area contributed by atoms with Gasteiger partial charge in [-0.15, -0.1) is 0 Å². The van der Waals surface area contributed by atoms with Crippen molar-refractivity contribution in [3.05, 3.63) is 11.5 Å². The van der Waals surface area contributed by atoms with Crippen LogP contribution in [0, 0.1) is 0 Å². The van der Waals surface area contributed by atoms with Gasteiger partial charge in [0.05, 0.1) is 13.7 Å². The second kappa shape index (κ2) is 4.14. The van der Waals surface area contributed by atoms with Gasteiger partial charge in [0.15, 0.2) is 5.88 Å². The van der Waals surface area contributed by atoms with E-state index in [9.17, 15) is 4.79 Å². The fourth-order valence-electron chi connectivity index (χ4n) is 1.13. The monoisotopic (exact) mass is 169 g/mol. The number of hydrogen-bond acceptors (Lipinski definition) is 3. The highest BCUT2D eigenvalue weighted by Gasteiger charge is 2.15. The summed E-state index contributed by atoms with van der Waals surface area (Å²) in [5, 5.41) is 2.98. The van der Waals surface area contributed by atoms with Crippen molar-refractivity contribution in [2.75, 3.05) is 13.7 Å². The Hall–Kier alpha value is -0.990. The highest BCUT2D eigenvalue weighted by atomic mass is 16.5. The molecule has 1 rings (SSSR count). The summed E-state index contributed by atoms with van der Waals surface area (Å²) in [5.74, 6) is 0.931. The smallest absolute Gasteiger partial charge is 0.185 e. The lowest BCUT2D eigenvalue weighted by Crippen LogP contribution is -2.24. The number of methoxy groups -OCH3 is 1. The molecule has 0 atom stereocenters. The maximum Gasteiger partial charge on any atom is 0.185 e. The summed E-state index contributed by atoms with van der Waals surface area (Å²) in [6, 6.07) is 0. The Morgan fingerprint density at radius 3 is 2.58 bits per heavy atom. The predicted octanol–water partition coefficient (Wildman–Crippen LogP) is 1.21. The predicted molar refractivity (Wildman–Crippen MR) is 46.6 cm³/mol. The number of carbonyl (C=O) groups excluding carboxylic acids is 1. The minimum atomic E-state index is 0.129. The van der Waals surface area contributed by atoms with Gasteiger partial charge in [-0.1, -0.05) is 0 Å². The maximum absolute atomic E-state index is 10.7. The summed E-state index contributed by atoms with van der Waals surface area (Å²) >= 11 is 0. The van der Waals surface area contributed by atoms with Crippen molar-refractivity contribution < 1.29 is 9.53 Å². The van der Waals surface area contributed by atoms with Crippen LogP contribution in [0.4, 0.5) is 0 Å². The van der Waals surface area contributed by atoms with E-state index in [0.717, 1.165) is 18.7 Å². The summed E-state index contributed by atoms with van der Waals surface area (Å²) in [6.45, 7) is 1.93. The molecule has 0 aromatic carbocycles. The number of Topliss-reactive ketones (excluding diaryl/α,β-unsaturated/α-hetero) is 1. The second-order valence-corrected chi connectivity index (χ2v) is 3.05. The minimum absolute atomic E-state index is 0.129. The van der Waals surface area contributed by atoms with Gasteiger partial charge in [0.25, 0.3) is 0 Å². The van der Waals surface area contributed by atoms with Crippen molar-refractivity contribution in [2.24, 2.45) is 0 Å². The standard InChI is InChI=1S/C9H15NO2/c1-7(11)6-10-9(12-2)8-4-3-5-8/h10H,3-6H2,1-2H3. The lowest BCUT2D eigenvalue weighted by molar-refractivity contribution is -0.116. The first-order valence-corrected chi connectivity index (χ1v) is 4.23. The normalized spacial score (nSPS) is 15.0. The maximum atomic E-state index is 10.7. The van der Waals surface area contributed by atoms with E-state index in [1.807, 2.05) is 0 Å². The molecule has 0 radical (unpaired) electrons. The van der Waals surface area contributed by atoms with Crippen LogP contribution in [0.1, 0.15) is 26.2 Å². The van der Waals surface area contributed by atoms with E-state index in [4.69, 9.17) is 4.74 Å². The molecule has 0 spiro atoms. The fraction of sp³-hybridized carbons (Fsp3) is 0.667. The average molecular weight is 169 g/mol. The second-order valence-electron chi connectivity index (χ2n) is 3.05. The topological polar surface area (TPSA) is 38.3 Å². The van der Waals surface area contributed by atoms with Crippen LogP contribution in [0.5, 0.6) is 0 Å². The van der Waals surface area contributed by atoms with E-state index in [-0.39, 0.29) is 5.78 Å². The number of allylic oxidation sites excluding steroid dienone is 1. The fourth-order valence-corrected chi connectivity index (χ4v) is 1.13. The Morgan fingerprint density at radius 1 is 1.58 bits per heavy atom. The molecule has 1 fully saturated rings. The van der Waals surface area contributed by atoms with Crippen LogP contribution >= 0.6 is 0 Å². The molecule has 3 nitrogen and oxygen atoms in total. The van der Waals surface area contributed by atoms with Gasteiger partial charge in [-0.2, -0.15) is 0 Å². The molecule has 0 unspecified atom stereocenters. The molecule has 12 heavy (non-hydrogen) atoms. The molecule has 0 saturated heterocycles. The highest BCUT2D eigenvalue weighted by molar-refractivity contribution is 5.77. The molecule has 0 heterocycles. The van der Waals surface area contributed by atoms with Crippen LogP contribution in [0.25, 0.3) is 0 Å². The zero-order valence-electron chi connectivity index (χ0n) is 7.64. The number of hydrogen-bond donors (Lipinski definition) is 1. The van der Waals surface area contributed by atoms with Gasteiger partial charge in [-0.05, 0) is 31.8 Å². The van der Waals surface area contributed by atoms with E-state index < -0.39 is 0 Å². The number of ether oxygens (including phenoxy) is 1. The van der Waals surface area contributed by atoms with Gasteiger partial charge in [-0.3, -0.25) is 4.79 Å². The largest absolute Gasteiger partial charge is 0.483 e. The molecule has 0 bridgehead atoms. The summed E-state index contributed by atoms with van der Waals surface area (Å²) in [6.07, 6.45) is 3.45. The SMILES string of the molecule is COC(NCC(C)=O)=C1CCC1. The summed E-state index contributed by atoms with van der Waals surface area (Å²) < 4.78 is 5.12. The molecule has 1 saturated carbocycles. The van der Waals surface area contributed by atoms with Crippen LogP contribution in [0.2, 0.25) is 0 Å². The van der Waals surface area contributed by atoms with E-state index in [0.29, 0.717) is 6.54 Å². The van der Waals surface area contributed by atoms with Crippen molar-refractivity contribution in [2.45, 2.75) is 26.2 Å². The molecule has 0 amide bonds. The molecule has 68 valence electrons. The molecular formula is C9H15NO2. The molecule has 1 aliphatic rings. The lowest BCUT2D eigenvalue weighted by atomic mass is 9.93. The van der Waals surface area contributed by atoms with Crippen LogP contribution in [0.3, 0.4) is 0 Å². The Morgan fingerprint density at radius 2 is 2.25 bits per heavy atom. The molecule has 3 heteroatoms. The van der Waals surface area contributed by atoms with Crippen molar-refractivity contribution >= 4 is 5.78 Å². The van der Waals surface area contributed by atoms with E-state index >= 15 is 0 Å². The molecule has 0 aromatic heterocycles. The highest BCUT2D eigenvalue weighted by Crippen LogP contribution is 2.27. The molecule has 0 aromatic rings. The van der Waals surface area contributed by atoms with Crippen LogP contribution in [-0.4, -0.2) is 19.4 Å². The van der Waals surface area contributed by atoms with Crippen molar-refractivity contribution in [1.82, 2.24) is 5.32 Å². The van der Waals surface area contributed by atoms with Crippen LogP contribution < -0.4 is 5.32 Å². The van der Waals surface area contributed by atoms with Gasteiger partial charge < -0.3 is 10.1 Å². The van der Waals surface area contributed by atoms with Gasteiger partial charge >= 0.3 is 0 Å². The Labute approximate surface area is 72.8 Å². The Kier molecular flexibility index (Phi) is 3.14. The number of ketones is 1. The average Bonchev–Trinajstić information content (AvgIpc) is 1.93. The molecule has 1 aliphatic carbocycles. The lowest BCUT2D eigenvalue weighted by Gasteiger charge is -2.21. The number of nitrogens with one attached hydrogen (secondary N) is 1. The summed E-state index contributed by atoms with van der Waals surface area (Å²) in [5.41, 5.74) is 1.30. The van der Waals surface area contributed by atoms with Crippen molar-refractivity contribution in [1.29, 1.82) is 0 Å². The third-order valence-electron chi connectivity index (χ3n) is 1.98. The Balaban J connectivity index is 2.40. The molecular weight excluding hydrogens is 154 g/mol. The van der Waals surface area contributed by atoms with Crippen LogP contribution in [0.15, 0.2) is 11.5 Å². The Bertz CT molecular complexity index is 203. The first-order valence-electron chi connectivity index (χ1n) is 4.23. The quantitative estimate of drug-likeness (QED) is 0.643. The van der Waals surface area contributed by atoms with E-state index in [1.165, 1.54) is 12.0 Å². The third kappa shape index (κ3) is 2.26. The van der Waals surface area contributed by atoms with Crippen LogP contribution in [-0.2, 0) is 9.53 Å². The number of rotatable bonds is 4. The third-order valence-corrected chi connectivity index (χ3v) is 1.98. The van der Waals surface area contributed by atoms with Gasteiger partial charge in [-0.25, -0.2) is 0 Å². The first kappa shape index (κ1) is 9.10. The van der Waals surface area contributed by atoms with E-state index in [2.05, 4.69) is 5.32 Å². The number of carbonyl (C=O) groups is 1. The van der Waals surface area contributed by atoms with E-state index in [1.54, 1.807) is 14.0 Å². The summed E-state index contributed by atoms with van der Waals surface area (Å²) in [7, 11) is 1.63. The zero-order valence-corrected chi connectivity index (χ0v) is 7.64. The van der Waals surface area contributed by atoms with Gasteiger partial charge in [0.2, 0.25) is 0 Å². The van der Waals surface area contributed by atoms with Gasteiger partial charge in [0.1, 0.15) is 5.78 Å². The van der Waals surface area contributed by atoms with Crippen molar-refractivity contribution in [3.8, 4) is 0 Å². The van der Waals surface area contributed by atoms with Crippen molar-refractivity contribution in [3.63, 3.8) is 0 Å². The zero-order chi connectivity index (χ0) is 8.97.